The third-order valence-corrected chi connectivity index (χ3v) is 4.45. The molecule has 1 aliphatic rings. The van der Waals surface area contributed by atoms with Crippen LogP contribution in [0, 0.1) is 0 Å². The Morgan fingerprint density at radius 1 is 1.25 bits per heavy atom. The maximum absolute atomic E-state index is 4.81. The highest BCUT2D eigenvalue weighted by Gasteiger charge is 2.18. The number of aryl methyl sites for hydroxylation is 1. The summed E-state index contributed by atoms with van der Waals surface area (Å²) in [7, 11) is 2.01. The van der Waals surface area contributed by atoms with E-state index in [-0.39, 0.29) is 0 Å². The van der Waals surface area contributed by atoms with Crippen LogP contribution in [0.4, 0.5) is 0 Å². The fourth-order valence-corrected chi connectivity index (χ4v) is 3.27. The Balaban J connectivity index is 1.76. The summed E-state index contributed by atoms with van der Waals surface area (Å²) in [4.78, 5) is 8.38. The van der Waals surface area contributed by atoms with E-state index in [0.29, 0.717) is 5.92 Å². The fourth-order valence-electron chi connectivity index (χ4n) is 3.27. The van der Waals surface area contributed by atoms with Crippen molar-refractivity contribution in [1.29, 1.82) is 0 Å². The Morgan fingerprint density at radius 3 is 2.90 bits per heavy atom. The normalized spacial score (nSPS) is 16.9. The van der Waals surface area contributed by atoms with Crippen molar-refractivity contribution in [3.63, 3.8) is 0 Å². The zero-order valence-electron chi connectivity index (χ0n) is 12.4. The highest BCUT2D eigenvalue weighted by atomic mass is 14.9. The number of benzene rings is 1. The van der Waals surface area contributed by atoms with Gasteiger partial charge < -0.3 is 10.3 Å². The number of nitrogens with one attached hydrogen (secondary N) is 2. The first-order valence-electron chi connectivity index (χ1n) is 8.00. The molecule has 0 atom stereocenters. The molecule has 0 radical (unpaired) electrons. The number of aromatic nitrogens is 2. The van der Waals surface area contributed by atoms with E-state index in [1.54, 1.807) is 0 Å². The molecule has 0 amide bonds. The van der Waals surface area contributed by atoms with E-state index in [0.717, 1.165) is 18.5 Å². The van der Waals surface area contributed by atoms with Gasteiger partial charge in [0.2, 0.25) is 0 Å². The van der Waals surface area contributed by atoms with Crippen molar-refractivity contribution in [2.45, 2.75) is 50.9 Å². The second-order valence-electron chi connectivity index (χ2n) is 6.02. The molecule has 2 N–H and O–H groups in total. The lowest BCUT2D eigenvalue weighted by atomic mass is 9.89. The van der Waals surface area contributed by atoms with Crippen molar-refractivity contribution in [3.8, 4) is 0 Å². The van der Waals surface area contributed by atoms with Gasteiger partial charge in [0.05, 0.1) is 11.0 Å². The van der Waals surface area contributed by atoms with Gasteiger partial charge in [-0.15, -0.1) is 0 Å². The maximum atomic E-state index is 4.81. The topological polar surface area (TPSA) is 40.7 Å². The molecule has 0 spiro atoms. The Morgan fingerprint density at radius 2 is 2.10 bits per heavy atom. The quantitative estimate of drug-likeness (QED) is 0.813. The van der Waals surface area contributed by atoms with Crippen molar-refractivity contribution in [2.24, 2.45) is 0 Å². The highest BCUT2D eigenvalue weighted by Crippen LogP contribution is 2.32. The first-order chi connectivity index (χ1) is 9.86. The molecule has 2 aromatic rings. The van der Waals surface area contributed by atoms with Crippen molar-refractivity contribution in [3.05, 3.63) is 29.6 Å². The minimum absolute atomic E-state index is 0.656. The van der Waals surface area contributed by atoms with Gasteiger partial charge in [0.25, 0.3) is 0 Å². The van der Waals surface area contributed by atoms with Gasteiger partial charge in [0.1, 0.15) is 5.82 Å². The smallest absolute Gasteiger partial charge is 0.110 e. The first kappa shape index (κ1) is 13.6. The van der Waals surface area contributed by atoms with Crippen molar-refractivity contribution in [2.75, 3.05) is 13.6 Å². The maximum Gasteiger partial charge on any atom is 0.110 e. The first-order valence-corrected chi connectivity index (χ1v) is 8.00. The predicted octanol–water partition coefficient (Wildman–Crippen LogP) is 3.76. The molecule has 0 bridgehead atoms. The largest absolute Gasteiger partial charge is 0.342 e. The minimum atomic E-state index is 0.656. The Bertz CT molecular complexity index is 552. The number of nitrogens with zero attached hydrogens (tertiary/aromatic N) is 1. The van der Waals surface area contributed by atoms with E-state index in [9.17, 15) is 0 Å². The molecule has 1 aliphatic carbocycles. The van der Waals surface area contributed by atoms with Crippen LogP contribution in [0.15, 0.2) is 18.2 Å². The summed E-state index contributed by atoms with van der Waals surface area (Å²) < 4.78 is 0. The zero-order chi connectivity index (χ0) is 13.8. The van der Waals surface area contributed by atoms with Crippen LogP contribution in [-0.2, 0) is 6.42 Å². The molecule has 1 aromatic heterocycles. The monoisotopic (exact) mass is 271 g/mol. The SMILES string of the molecule is CNCCCc1ccc2nc(C3CCCCC3)[nH]c2c1. The highest BCUT2D eigenvalue weighted by molar-refractivity contribution is 5.76. The van der Waals surface area contributed by atoms with E-state index in [1.165, 1.54) is 55.4 Å². The Kier molecular flexibility index (Phi) is 4.36. The van der Waals surface area contributed by atoms with E-state index >= 15 is 0 Å². The molecule has 1 saturated carbocycles. The van der Waals surface area contributed by atoms with Gasteiger partial charge in [-0.25, -0.2) is 4.98 Å². The number of H-pyrrole nitrogens is 1. The van der Waals surface area contributed by atoms with Crippen LogP contribution in [0.3, 0.4) is 0 Å². The van der Waals surface area contributed by atoms with Gasteiger partial charge in [0, 0.05) is 5.92 Å². The van der Waals surface area contributed by atoms with Gasteiger partial charge in [-0.3, -0.25) is 0 Å². The van der Waals surface area contributed by atoms with Crippen molar-refractivity contribution < 1.29 is 0 Å². The zero-order valence-corrected chi connectivity index (χ0v) is 12.4. The van der Waals surface area contributed by atoms with Gasteiger partial charge >= 0.3 is 0 Å². The molecule has 3 nitrogen and oxygen atoms in total. The van der Waals surface area contributed by atoms with Crippen LogP contribution in [0.5, 0.6) is 0 Å². The van der Waals surface area contributed by atoms with E-state index in [4.69, 9.17) is 4.98 Å². The molecule has 0 aliphatic heterocycles. The molecular weight excluding hydrogens is 246 g/mol. The third-order valence-electron chi connectivity index (χ3n) is 4.45. The number of aromatic amines is 1. The lowest BCUT2D eigenvalue weighted by Gasteiger charge is -2.18. The Labute approximate surface area is 121 Å². The summed E-state index contributed by atoms with van der Waals surface area (Å²) in [5.41, 5.74) is 3.75. The van der Waals surface area contributed by atoms with Gasteiger partial charge in [-0.05, 0) is 57.0 Å². The summed E-state index contributed by atoms with van der Waals surface area (Å²) >= 11 is 0. The van der Waals surface area contributed by atoms with Crippen LogP contribution in [0.25, 0.3) is 11.0 Å². The predicted molar refractivity (Wildman–Crippen MR) is 84.2 cm³/mol. The molecule has 0 unspecified atom stereocenters. The van der Waals surface area contributed by atoms with Gasteiger partial charge in [0.15, 0.2) is 0 Å². The second kappa shape index (κ2) is 6.40. The number of hydrogen-bond donors (Lipinski definition) is 2. The number of rotatable bonds is 5. The molecule has 1 aromatic carbocycles. The molecule has 108 valence electrons. The molecule has 1 heterocycles. The number of imidazole rings is 1. The minimum Gasteiger partial charge on any atom is -0.342 e. The molecule has 3 heteroatoms. The van der Waals surface area contributed by atoms with Crippen LogP contribution in [-0.4, -0.2) is 23.6 Å². The molecule has 1 fully saturated rings. The number of fused-ring (bicyclic) bond motifs is 1. The summed E-state index contributed by atoms with van der Waals surface area (Å²) in [6.07, 6.45) is 9.03. The molecule has 0 saturated heterocycles. The lowest BCUT2D eigenvalue weighted by Crippen LogP contribution is -2.08. The molecule has 3 rings (SSSR count). The van der Waals surface area contributed by atoms with Crippen molar-refractivity contribution >= 4 is 11.0 Å². The summed E-state index contributed by atoms with van der Waals surface area (Å²) in [5.74, 6) is 1.87. The second-order valence-corrected chi connectivity index (χ2v) is 6.02. The fraction of sp³-hybridized carbons (Fsp3) is 0.588. The van der Waals surface area contributed by atoms with Crippen LogP contribution in [0.1, 0.15) is 55.8 Å². The molecular formula is C17H25N3. The standard InChI is InChI=1S/C17H25N3/c1-18-11-5-6-13-9-10-15-16(12-13)20-17(19-15)14-7-3-2-4-8-14/h9-10,12,14,18H,2-8,11H2,1H3,(H,19,20). The third kappa shape index (κ3) is 3.04. The summed E-state index contributed by atoms with van der Waals surface area (Å²) in [5, 5.41) is 3.20. The van der Waals surface area contributed by atoms with Gasteiger partial charge in [-0.1, -0.05) is 25.3 Å². The van der Waals surface area contributed by atoms with E-state index in [1.807, 2.05) is 7.05 Å². The van der Waals surface area contributed by atoms with Crippen LogP contribution >= 0.6 is 0 Å². The number of hydrogen-bond acceptors (Lipinski definition) is 2. The lowest BCUT2D eigenvalue weighted by molar-refractivity contribution is 0.431. The van der Waals surface area contributed by atoms with Gasteiger partial charge in [-0.2, -0.15) is 0 Å². The van der Waals surface area contributed by atoms with E-state index < -0.39 is 0 Å². The average molecular weight is 271 g/mol. The summed E-state index contributed by atoms with van der Waals surface area (Å²) in [6, 6.07) is 6.68. The van der Waals surface area contributed by atoms with Crippen LogP contribution in [0.2, 0.25) is 0 Å². The van der Waals surface area contributed by atoms with Crippen molar-refractivity contribution in [1.82, 2.24) is 15.3 Å². The molecule has 20 heavy (non-hydrogen) atoms. The Hall–Kier alpha value is -1.35. The average Bonchev–Trinajstić information content (AvgIpc) is 2.92. The van der Waals surface area contributed by atoms with E-state index in [2.05, 4.69) is 28.5 Å². The van der Waals surface area contributed by atoms with Crippen LogP contribution < -0.4 is 5.32 Å². The summed E-state index contributed by atoms with van der Waals surface area (Å²) in [6.45, 7) is 1.08.